The van der Waals surface area contributed by atoms with E-state index in [1.165, 1.54) is 32.0 Å². The number of hydrogen-bond donors (Lipinski definition) is 4. The number of sulfonamides is 1. The average molecular weight is 1070 g/mol. The predicted molar refractivity (Wildman–Crippen MR) is 225 cm³/mol. The quantitative estimate of drug-likeness (QED) is 0.0595. The monoisotopic (exact) mass is 1070 g/mol. The molecule has 0 spiro atoms. The van der Waals surface area contributed by atoms with Gasteiger partial charge in [-0.1, -0.05) is 23.6 Å². The highest BCUT2D eigenvalue weighted by atomic mass is 35.5. The van der Waals surface area contributed by atoms with E-state index in [1.54, 1.807) is 0 Å². The first-order valence-corrected chi connectivity index (χ1v) is 24.9. The fourth-order valence-corrected chi connectivity index (χ4v) is 8.50. The Morgan fingerprint density at radius 2 is 1.52 bits per heavy atom. The number of fused-ring (bicyclic) bond motifs is 4. The molecule has 4 N–H and O–H groups in total. The number of rotatable bonds is 11. The number of nitrogens with one attached hydrogen (secondary N) is 2. The number of amides is 1. The molecule has 1 amide bonds. The molecule has 0 saturated heterocycles. The maximum atomic E-state index is 15.5. The largest absolute Gasteiger partial charge is 0.435 e. The molecule has 2 aliphatic rings. The molecule has 7 rings (SSSR count). The van der Waals surface area contributed by atoms with E-state index < -0.39 is 136 Å². The number of nitrogens with zero attached hydrogens (tertiary/aromatic N) is 5. The Morgan fingerprint density at radius 1 is 0.928 bits per heavy atom. The van der Waals surface area contributed by atoms with Gasteiger partial charge >= 0.3 is 22.8 Å². The number of carbonyl (C=O) groups is 1. The van der Waals surface area contributed by atoms with Crippen LogP contribution < -0.4 is 10.0 Å². The minimum atomic E-state index is -5.19. The Morgan fingerprint density at radius 3 is 2.07 bits per heavy atom. The molecule has 0 aliphatic heterocycles. The van der Waals surface area contributed by atoms with E-state index in [4.69, 9.17) is 29.1 Å². The Kier molecular flexibility index (Phi) is 13.8. The van der Waals surface area contributed by atoms with Crippen LogP contribution >= 0.6 is 11.6 Å². The number of benzene rings is 2. The van der Waals surface area contributed by atoms with Gasteiger partial charge in [-0.05, 0) is 74.4 Å². The van der Waals surface area contributed by atoms with Gasteiger partial charge in [0.25, 0.3) is 5.92 Å². The highest BCUT2D eigenvalue weighted by Crippen LogP contribution is 2.68. The van der Waals surface area contributed by atoms with Crippen molar-refractivity contribution in [3.63, 3.8) is 0 Å². The van der Waals surface area contributed by atoms with E-state index >= 15 is 8.78 Å². The summed E-state index contributed by atoms with van der Waals surface area (Å²) >= 11 is 6.46. The van der Waals surface area contributed by atoms with Crippen LogP contribution in [0.15, 0.2) is 42.5 Å². The maximum Gasteiger partial charge on any atom is 0.435 e. The second-order valence-electron chi connectivity index (χ2n) is 16.4. The van der Waals surface area contributed by atoms with E-state index in [2.05, 4.69) is 32.3 Å². The average Bonchev–Trinajstić information content (AvgIpc) is 3.68. The summed E-state index contributed by atoms with van der Waals surface area (Å²) in [6, 6.07) is 5.24. The first-order chi connectivity index (χ1) is 31.3. The molecule has 0 bridgehead atoms. The van der Waals surface area contributed by atoms with Crippen molar-refractivity contribution in [1.82, 2.24) is 29.9 Å². The third-order valence-electron chi connectivity index (χ3n) is 10.6. The molecule has 3 atom stereocenters. The molecule has 30 heteroatoms. The van der Waals surface area contributed by atoms with Crippen molar-refractivity contribution >= 4 is 64.5 Å². The van der Waals surface area contributed by atoms with E-state index in [0.29, 0.717) is 17.0 Å². The number of pyridine rings is 1. The zero-order valence-corrected chi connectivity index (χ0v) is 38.7. The van der Waals surface area contributed by atoms with Gasteiger partial charge in [-0.15, -0.1) is 0 Å². The number of anilines is 1. The lowest BCUT2D eigenvalue weighted by atomic mass is 9.93. The van der Waals surface area contributed by atoms with Crippen LogP contribution in [0.4, 0.5) is 49.7 Å². The summed E-state index contributed by atoms with van der Waals surface area (Å²) in [5, 5.41) is 9.01. The van der Waals surface area contributed by atoms with Gasteiger partial charge in [0.1, 0.15) is 40.9 Å². The molecule has 0 radical (unpaired) electrons. The van der Waals surface area contributed by atoms with Gasteiger partial charge < -0.3 is 5.32 Å². The van der Waals surface area contributed by atoms with Crippen LogP contribution in [-0.4, -0.2) is 88.2 Å². The van der Waals surface area contributed by atoms with Crippen LogP contribution in [0.25, 0.3) is 22.0 Å². The lowest BCUT2D eigenvalue weighted by Gasteiger charge is -2.23. The van der Waals surface area contributed by atoms with Crippen LogP contribution in [0.2, 0.25) is 5.02 Å². The topological polar surface area (TPSA) is 233 Å². The number of sulfone groups is 1. The fraction of sp³-hybridized carbons (Fsp3) is 0.385. The highest BCUT2D eigenvalue weighted by molar-refractivity contribution is 7.92. The molecule has 5 aromatic rings. The van der Waals surface area contributed by atoms with Crippen molar-refractivity contribution in [1.29, 1.82) is 0 Å². The summed E-state index contributed by atoms with van der Waals surface area (Å²) < 4.78 is 227. The normalized spacial score (nSPS) is 17.2. The number of alkyl halides is 8. The first-order valence-electron chi connectivity index (χ1n) is 19.3. The SMILES string of the molecule is CC(C)(C#Cc1ccc(-c2ccc(Cl)c3c(NS(C)(=O)=O)nn(CC(F)(F)F)c23)c(C(Cc2cc(F)cc(F)c2)NC(=O)Cn2nc(C(F)(F)F)c3c2C(F)(F)[C@@H]2C[C@H]32)n1)S(C)(=O)=O.O=S(=O)(O)O. The second kappa shape index (κ2) is 18.0. The summed E-state index contributed by atoms with van der Waals surface area (Å²) in [5.74, 6) is -5.43. The zero-order valence-electron chi connectivity index (χ0n) is 35.5. The van der Waals surface area contributed by atoms with Crippen LogP contribution in [0.1, 0.15) is 66.1 Å². The molecule has 1 unspecified atom stereocenters. The predicted octanol–water partition coefficient (Wildman–Crippen LogP) is 7.01. The Hall–Kier alpha value is -5.54. The molecule has 16 nitrogen and oxygen atoms in total. The molecule has 374 valence electrons. The molecular formula is C39H34ClF10N7O9S3. The van der Waals surface area contributed by atoms with Crippen molar-refractivity contribution in [3.8, 4) is 23.0 Å². The van der Waals surface area contributed by atoms with Gasteiger partial charge in [0.15, 0.2) is 21.3 Å². The second-order valence-corrected chi connectivity index (χ2v) is 22.0. The van der Waals surface area contributed by atoms with Crippen LogP contribution in [0.5, 0.6) is 0 Å². The standard InChI is InChI=1S/C39H32ClF10N7O5S2.H2O4S/c1-36(2,63(3,59)60)10-9-21-5-6-22(23-7-8-26(40)30-32(23)57(17-37(43,44)45)54-35(30)55-64(4,61)62)31(51-21)27(13-18-11-19(41)14-20(42)12-18)52-28(58)16-56-34-29(33(53-56)39(48,49)50)24-15-25(24)38(34,46)47;1-5(2,3)4/h5-8,11-12,14,24-25,27H,13,15-17H2,1-4H3,(H,52,58)(H,54,55);(H2,1,2,3,4)/t24-,25+,27?;/m0./s1. The molecule has 69 heavy (non-hydrogen) atoms. The summed E-state index contributed by atoms with van der Waals surface area (Å²) in [6.07, 6.45) is -9.46. The third-order valence-corrected chi connectivity index (χ3v) is 13.4. The molecule has 1 fully saturated rings. The number of aromatic nitrogens is 5. The van der Waals surface area contributed by atoms with Crippen molar-refractivity contribution in [2.24, 2.45) is 5.92 Å². The fourth-order valence-electron chi connectivity index (χ4n) is 7.52. The molecule has 3 heterocycles. The van der Waals surface area contributed by atoms with Gasteiger partial charge in [-0.3, -0.25) is 28.0 Å². The lowest BCUT2D eigenvalue weighted by Crippen LogP contribution is -2.35. The van der Waals surface area contributed by atoms with Gasteiger partial charge in [0, 0.05) is 34.9 Å². The highest BCUT2D eigenvalue weighted by Gasteiger charge is 2.68. The minimum absolute atomic E-state index is 0.195. The summed E-state index contributed by atoms with van der Waals surface area (Å²) in [5.41, 5.74) is -5.17. The van der Waals surface area contributed by atoms with Crippen LogP contribution in [0, 0.1) is 29.4 Å². The van der Waals surface area contributed by atoms with E-state index in [9.17, 15) is 56.8 Å². The van der Waals surface area contributed by atoms with Crippen LogP contribution in [0.3, 0.4) is 0 Å². The zero-order chi connectivity index (χ0) is 51.8. The summed E-state index contributed by atoms with van der Waals surface area (Å²) in [7, 11) is -12.7. The number of halogens is 11. The van der Waals surface area contributed by atoms with Gasteiger partial charge in [0.2, 0.25) is 15.9 Å². The smallest absolute Gasteiger partial charge is 0.346 e. The van der Waals surface area contributed by atoms with E-state index in [0.717, 1.165) is 24.5 Å². The summed E-state index contributed by atoms with van der Waals surface area (Å²) in [6.45, 7) is -0.547. The van der Waals surface area contributed by atoms with Crippen molar-refractivity contribution in [2.75, 3.05) is 17.2 Å². The van der Waals surface area contributed by atoms with Gasteiger partial charge in [0.05, 0.1) is 33.9 Å². The minimum Gasteiger partial charge on any atom is -0.346 e. The lowest BCUT2D eigenvalue weighted by molar-refractivity contribution is -0.142. The number of hydrogen-bond acceptors (Lipinski definition) is 10. The molecule has 2 aromatic carbocycles. The Labute approximate surface area is 390 Å². The first kappa shape index (κ1) is 52.8. The molecule has 3 aromatic heterocycles. The van der Waals surface area contributed by atoms with Crippen LogP contribution in [-0.2, 0) is 66.7 Å². The molecular weight excluding hydrogens is 1030 g/mol. The number of carbonyl (C=O) groups excluding carboxylic acids is 1. The summed E-state index contributed by atoms with van der Waals surface area (Å²) in [4.78, 5) is 18.5. The van der Waals surface area contributed by atoms with E-state index in [1.807, 2.05) is 4.72 Å². The molecule has 1 saturated carbocycles. The Bertz CT molecular complexity index is 3290. The molecule has 2 aliphatic carbocycles. The van der Waals surface area contributed by atoms with E-state index in [-0.39, 0.29) is 49.6 Å². The Balaban J connectivity index is 0.00000149. The van der Waals surface area contributed by atoms with Crippen molar-refractivity contribution in [2.45, 2.75) is 74.8 Å². The van der Waals surface area contributed by atoms with Crippen molar-refractivity contribution in [3.05, 3.63) is 93.0 Å². The maximum absolute atomic E-state index is 15.5. The third kappa shape index (κ3) is 12.1. The van der Waals surface area contributed by atoms with Gasteiger partial charge in [-0.25, -0.2) is 30.6 Å². The van der Waals surface area contributed by atoms with Gasteiger partial charge in [-0.2, -0.15) is 53.7 Å². The van der Waals surface area contributed by atoms with Crippen molar-refractivity contribution < 1.29 is 83.1 Å².